The van der Waals surface area contributed by atoms with Crippen LogP contribution in [-0.2, 0) is 9.53 Å². The van der Waals surface area contributed by atoms with Gasteiger partial charge in [-0.1, -0.05) is 0 Å². The Morgan fingerprint density at radius 1 is 1.30 bits per heavy atom. The monoisotopic (exact) mass is 326 g/mol. The number of Topliss-reactive ketones (excluding diaryl/α,β-unsaturated/α-hetero) is 1. The maximum atomic E-state index is 12.5. The lowest BCUT2D eigenvalue weighted by Gasteiger charge is -2.37. The van der Waals surface area contributed by atoms with Gasteiger partial charge in [-0.15, -0.1) is 0 Å². The minimum atomic E-state index is -4.88. The summed E-state index contributed by atoms with van der Waals surface area (Å²) in [6.45, 7) is 3.22. The molecule has 0 radical (unpaired) electrons. The first-order valence-electron chi connectivity index (χ1n) is 7.80. The van der Waals surface area contributed by atoms with Crippen molar-refractivity contribution in [2.45, 2.75) is 31.2 Å². The van der Waals surface area contributed by atoms with Gasteiger partial charge < -0.3 is 14.5 Å². The highest BCUT2D eigenvalue weighted by molar-refractivity contribution is 5.91. The number of fused-ring (bicyclic) bond motifs is 3. The molecule has 4 nitrogen and oxygen atoms in total. The molecule has 2 bridgehead atoms. The number of ketones is 1. The molecule has 2 fully saturated rings. The lowest BCUT2D eigenvalue weighted by molar-refractivity contribution is -0.177. The van der Waals surface area contributed by atoms with Crippen LogP contribution in [-0.4, -0.2) is 53.5 Å². The third-order valence-corrected chi connectivity index (χ3v) is 4.97. The summed E-state index contributed by atoms with van der Waals surface area (Å²) in [5, 5.41) is 0. The Balaban J connectivity index is 1.49. The molecule has 124 valence electrons. The SMILES string of the molecule is O=C(C1C=C2C=CN([C@@H]3C[C@H]4CCN(C4)C3)C=C2O1)C(F)(F)F. The van der Waals surface area contributed by atoms with Crippen molar-refractivity contribution in [2.75, 3.05) is 19.6 Å². The van der Waals surface area contributed by atoms with Gasteiger partial charge in [0.15, 0.2) is 6.10 Å². The predicted octanol–water partition coefficient (Wildman–Crippen LogP) is 2.21. The van der Waals surface area contributed by atoms with Gasteiger partial charge in [0.25, 0.3) is 5.78 Å². The number of carbonyl (C=O) groups excluding carboxylic acids is 1. The van der Waals surface area contributed by atoms with Crippen LogP contribution in [0.5, 0.6) is 0 Å². The first-order valence-corrected chi connectivity index (χ1v) is 7.80. The van der Waals surface area contributed by atoms with Crippen LogP contribution < -0.4 is 0 Å². The van der Waals surface area contributed by atoms with Crippen LogP contribution in [0.2, 0.25) is 0 Å². The van der Waals surface area contributed by atoms with Crippen molar-refractivity contribution in [3.63, 3.8) is 0 Å². The summed E-state index contributed by atoms with van der Waals surface area (Å²) >= 11 is 0. The largest absolute Gasteiger partial charge is 0.476 e. The quantitative estimate of drug-likeness (QED) is 0.779. The molecule has 0 aromatic heterocycles. The predicted molar refractivity (Wildman–Crippen MR) is 76.0 cm³/mol. The third kappa shape index (κ3) is 2.67. The molecule has 7 heteroatoms. The van der Waals surface area contributed by atoms with Gasteiger partial charge in [-0.2, -0.15) is 13.2 Å². The van der Waals surface area contributed by atoms with E-state index in [1.807, 2.05) is 11.1 Å². The number of rotatable bonds is 2. The standard InChI is InChI=1S/C16H17F3N2O2/c17-16(18,19)15(22)13-6-11-2-4-21(9-14(11)23-13)12-5-10-1-3-20(7-10)8-12/h2,4,6,9-10,12-13H,1,3,5,7-8H2/t10-,12-,13?/m1/s1. The number of nitrogens with zero attached hydrogens (tertiary/aromatic N) is 2. The van der Waals surface area contributed by atoms with Gasteiger partial charge in [-0.25, -0.2) is 0 Å². The zero-order valence-electron chi connectivity index (χ0n) is 12.4. The van der Waals surface area contributed by atoms with Crippen molar-refractivity contribution in [1.82, 2.24) is 9.80 Å². The van der Waals surface area contributed by atoms with E-state index in [-0.39, 0.29) is 0 Å². The van der Waals surface area contributed by atoms with E-state index in [1.165, 1.54) is 12.5 Å². The molecule has 0 saturated carbocycles. The molecule has 2 unspecified atom stereocenters. The second-order valence-electron chi connectivity index (χ2n) is 6.58. The van der Waals surface area contributed by atoms with E-state index in [2.05, 4.69) is 4.90 Å². The number of halogens is 3. The molecule has 23 heavy (non-hydrogen) atoms. The molecule has 2 saturated heterocycles. The van der Waals surface area contributed by atoms with Crippen LogP contribution in [0.25, 0.3) is 0 Å². The Morgan fingerprint density at radius 2 is 2.13 bits per heavy atom. The molecule has 4 rings (SSSR count). The number of hydrogen-bond acceptors (Lipinski definition) is 4. The Bertz CT molecular complexity index is 611. The summed E-state index contributed by atoms with van der Waals surface area (Å²) in [7, 11) is 0. The smallest absolute Gasteiger partial charge is 0.454 e. The zero-order valence-corrected chi connectivity index (χ0v) is 12.4. The van der Waals surface area contributed by atoms with Crippen LogP contribution >= 0.6 is 0 Å². The van der Waals surface area contributed by atoms with Crippen molar-refractivity contribution >= 4 is 5.78 Å². The molecular formula is C16H17F3N2O2. The highest BCUT2D eigenvalue weighted by Crippen LogP contribution is 2.35. The summed E-state index contributed by atoms with van der Waals surface area (Å²) in [6.07, 6.45) is 2.42. The van der Waals surface area contributed by atoms with Crippen molar-refractivity contribution < 1.29 is 22.7 Å². The van der Waals surface area contributed by atoms with Crippen LogP contribution in [0.1, 0.15) is 12.8 Å². The maximum absolute atomic E-state index is 12.5. The van der Waals surface area contributed by atoms with Crippen molar-refractivity contribution in [2.24, 2.45) is 5.92 Å². The van der Waals surface area contributed by atoms with Gasteiger partial charge in [0.2, 0.25) is 0 Å². The summed E-state index contributed by atoms with van der Waals surface area (Å²) in [6, 6.07) is 0.308. The number of ether oxygens (including phenoxy) is 1. The molecule has 0 aliphatic carbocycles. The topological polar surface area (TPSA) is 32.8 Å². The molecule has 0 aromatic rings. The molecule has 4 heterocycles. The first-order chi connectivity index (χ1) is 10.9. The minimum absolute atomic E-state index is 0.308. The number of hydrogen-bond donors (Lipinski definition) is 0. The Labute approximate surface area is 131 Å². The third-order valence-electron chi connectivity index (χ3n) is 4.97. The van der Waals surface area contributed by atoms with Crippen molar-refractivity contribution in [3.05, 3.63) is 35.9 Å². The van der Waals surface area contributed by atoms with Crippen LogP contribution in [0, 0.1) is 5.92 Å². The normalized spacial score (nSPS) is 35.5. The molecule has 0 aromatic carbocycles. The first kappa shape index (κ1) is 14.8. The van der Waals surface area contributed by atoms with E-state index < -0.39 is 18.1 Å². The molecule has 4 aliphatic heterocycles. The fourth-order valence-electron chi connectivity index (χ4n) is 3.83. The van der Waals surface area contributed by atoms with Gasteiger partial charge in [0.05, 0.1) is 0 Å². The summed E-state index contributed by atoms with van der Waals surface area (Å²) < 4.78 is 42.8. The van der Waals surface area contributed by atoms with Gasteiger partial charge in [-0.3, -0.25) is 4.79 Å². The van der Waals surface area contributed by atoms with Gasteiger partial charge in [-0.05, 0) is 37.5 Å². The van der Waals surface area contributed by atoms with Gasteiger partial charge in [0, 0.05) is 37.1 Å². The van der Waals surface area contributed by atoms with Crippen LogP contribution in [0.3, 0.4) is 0 Å². The second-order valence-corrected chi connectivity index (χ2v) is 6.58. The van der Waals surface area contributed by atoms with E-state index >= 15 is 0 Å². The van der Waals surface area contributed by atoms with Crippen LogP contribution in [0.4, 0.5) is 13.2 Å². The fourth-order valence-corrected chi connectivity index (χ4v) is 3.83. The molecule has 0 amide bonds. The molecule has 0 spiro atoms. The Hall–Kier alpha value is -1.76. The summed E-state index contributed by atoms with van der Waals surface area (Å²) in [5.74, 6) is -0.813. The average molecular weight is 326 g/mol. The maximum Gasteiger partial charge on any atom is 0.454 e. The number of piperidine rings is 1. The summed E-state index contributed by atoms with van der Waals surface area (Å²) in [4.78, 5) is 15.8. The van der Waals surface area contributed by atoms with E-state index in [9.17, 15) is 18.0 Å². The minimum Gasteiger partial charge on any atom is -0.476 e. The van der Waals surface area contributed by atoms with Crippen LogP contribution in [0.15, 0.2) is 35.9 Å². The second kappa shape index (κ2) is 5.12. The Kier molecular flexibility index (Phi) is 3.30. The number of allylic oxidation sites excluding steroid dienone is 1. The van der Waals surface area contributed by atoms with E-state index in [0.29, 0.717) is 23.3 Å². The van der Waals surface area contributed by atoms with E-state index in [1.54, 1.807) is 12.3 Å². The zero-order chi connectivity index (χ0) is 16.2. The molecular weight excluding hydrogens is 309 g/mol. The average Bonchev–Trinajstić information content (AvgIpc) is 3.07. The Morgan fingerprint density at radius 3 is 2.87 bits per heavy atom. The van der Waals surface area contributed by atoms with Gasteiger partial charge in [0.1, 0.15) is 5.76 Å². The fraction of sp³-hybridized carbons (Fsp3) is 0.562. The highest BCUT2D eigenvalue weighted by atomic mass is 19.4. The summed E-state index contributed by atoms with van der Waals surface area (Å²) in [5.41, 5.74) is 0.544. The van der Waals surface area contributed by atoms with E-state index in [4.69, 9.17) is 4.74 Å². The van der Waals surface area contributed by atoms with Crippen molar-refractivity contribution in [3.8, 4) is 0 Å². The van der Waals surface area contributed by atoms with Crippen molar-refractivity contribution in [1.29, 1.82) is 0 Å². The lowest BCUT2D eigenvalue weighted by atomic mass is 9.95. The van der Waals surface area contributed by atoms with E-state index in [0.717, 1.165) is 26.1 Å². The number of alkyl halides is 3. The molecule has 0 N–H and O–H groups in total. The number of carbonyl (C=O) groups is 1. The molecule has 4 aliphatic rings. The lowest BCUT2D eigenvalue weighted by Crippen LogP contribution is -2.43. The highest BCUT2D eigenvalue weighted by Gasteiger charge is 2.46. The van der Waals surface area contributed by atoms with Gasteiger partial charge >= 0.3 is 6.18 Å². The molecule has 4 atom stereocenters.